The molecule has 1 aromatic carbocycles. The Morgan fingerprint density at radius 1 is 1.29 bits per heavy atom. The molecule has 2 aromatic rings. The highest BCUT2D eigenvalue weighted by Crippen LogP contribution is 2.22. The predicted molar refractivity (Wildman–Crippen MR) is 94.4 cm³/mol. The van der Waals surface area contributed by atoms with Crippen molar-refractivity contribution in [2.24, 2.45) is 0 Å². The van der Waals surface area contributed by atoms with Gasteiger partial charge in [-0.1, -0.05) is 48.7 Å². The SMILES string of the molecule is Cc1ccc(-n2nnnc2SCC(=O)NC2CCCCC2)c(C)c1. The monoisotopic (exact) mass is 345 g/mol. The van der Waals surface area contributed by atoms with Gasteiger partial charge in [-0.2, -0.15) is 4.68 Å². The van der Waals surface area contributed by atoms with Gasteiger partial charge < -0.3 is 5.32 Å². The van der Waals surface area contributed by atoms with E-state index in [1.165, 1.54) is 36.6 Å². The number of nitrogens with one attached hydrogen (secondary N) is 1. The lowest BCUT2D eigenvalue weighted by Crippen LogP contribution is -2.37. The van der Waals surface area contributed by atoms with Crippen molar-refractivity contribution in [1.29, 1.82) is 0 Å². The van der Waals surface area contributed by atoms with Crippen molar-refractivity contribution in [3.8, 4) is 5.69 Å². The molecule has 6 nitrogen and oxygen atoms in total. The first kappa shape index (κ1) is 17.0. The summed E-state index contributed by atoms with van der Waals surface area (Å²) >= 11 is 1.37. The van der Waals surface area contributed by atoms with Gasteiger partial charge in [0.25, 0.3) is 0 Å². The normalized spacial score (nSPS) is 15.4. The van der Waals surface area contributed by atoms with E-state index >= 15 is 0 Å². The van der Waals surface area contributed by atoms with Crippen LogP contribution in [0.5, 0.6) is 0 Å². The van der Waals surface area contributed by atoms with Gasteiger partial charge in [-0.3, -0.25) is 4.79 Å². The average molecular weight is 345 g/mol. The molecule has 0 spiro atoms. The van der Waals surface area contributed by atoms with Crippen LogP contribution in [-0.2, 0) is 4.79 Å². The van der Waals surface area contributed by atoms with E-state index in [1.54, 1.807) is 4.68 Å². The van der Waals surface area contributed by atoms with Crippen molar-refractivity contribution >= 4 is 17.7 Å². The van der Waals surface area contributed by atoms with Gasteiger partial charge in [0.2, 0.25) is 11.1 Å². The molecule has 1 amide bonds. The Balaban J connectivity index is 1.62. The third-order valence-electron chi connectivity index (χ3n) is 4.32. The van der Waals surface area contributed by atoms with Crippen LogP contribution in [0.25, 0.3) is 5.69 Å². The molecule has 1 aromatic heterocycles. The minimum absolute atomic E-state index is 0.0575. The van der Waals surface area contributed by atoms with Crippen molar-refractivity contribution in [3.63, 3.8) is 0 Å². The highest BCUT2D eigenvalue weighted by molar-refractivity contribution is 7.99. The number of tetrazole rings is 1. The van der Waals surface area contributed by atoms with Crippen LogP contribution in [0.1, 0.15) is 43.2 Å². The van der Waals surface area contributed by atoms with E-state index in [9.17, 15) is 4.79 Å². The summed E-state index contributed by atoms with van der Waals surface area (Å²) in [6.07, 6.45) is 5.89. The number of aromatic nitrogens is 4. The van der Waals surface area contributed by atoms with Crippen molar-refractivity contribution in [3.05, 3.63) is 29.3 Å². The molecular formula is C17H23N5OS. The minimum Gasteiger partial charge on any atom is -0.353 e. The average Bonchev–Trinajstić information content (AvgIpc) is 3.02. The minimum atomic E-state index is 0.0575. The maximum atomic E-state index is 12.2. The Hall–Kier alpha value is -1.89. The van der Waals surface area contributed by atoms with Gasteiger partial charge in [-0.05, 0) is 48.7 Å². The van der Waals surface area contributed by atoms with Gasteiger partial charge >= 0.3 is 0 Å². The largest absolute Gasteiger partial charge is 0.353 e. The third-order valence-corrected chi connectivity index (χ3v) is 5.24. The number of hydrogen-bond acceptors (Lipinski definition) is 5. The zero-order valence-corrected chi connectivity index (χ0v) is 15.0. The van der Waals surface area contributed by atoms with Gasteiger partial charge in [-0.25, -0.2) is 0 Å². The molecule has 128 valence electrons. The Kier molecular flexibility index (Phi) is 5.50. The van der Waals surface area contributed by atoms with E-state index in [1.807, 2.05) is 19.1 Å². The highest BCUT2D eigenvalue weighted by atomic mass is 32.2. The fourth-order valence-electron chi connectivity index (χ4n) is 3.11. The van der Waals surface area contributed by atoms with Crippen LogP contribution in [0.2, 0.25) is 0 Å². The summed E-state index contributed by atoms with van der Waals surface area (Å²) in [6.45, 7) is 4.09. The molecule has 1 aliphatic carbocycles. The Bertz CT molecular complexity index is 709. The number of aryl methyl sites for hydroxylation is 2. The highest BCUT2D eigenvalue weighted by Gasteiger charge is 2.17. The summed E-state index contributed by atoms with van der Waals surface area (Å²) in [5, 5.41) is 15.7. The first-order valence-corrected chi connectivity index (χ1v) is 9.40. The van der Waals surface area contributed by atoms with E-state index < -0.39 is 0 Å². The zero-order valence-electron chi connectivity index (χ0n) is 14.2. The molecule has 0 unspecified atom stereocenters. The molecular weight excluding hydrogens is 322 g/mol. The van der Waals surface area contributed by atoms with Crippen LogP contribution in [-0.4, -0.2) is 37.9 Å². The second kappa shape index (κ2) is 7.79. The molecule has 0 radical (unpaired) electrons. The molecule has 7 heteroatoms. The molecule has 0 bridgehead atoms. The summed E-state index contributed by atoms with van der Waals surface area (Å²) in [5.74, 6) is 0.393. The smallest absolute Gasteiger partial charge is 0.230 e. The maximum absolute atomic E-state index is 12.2. The van der Waals surface area contributed by atoms with Crippen LogP contribution in [0, 0.1) is 13.8 Å². The van der Waals surface area contributed by atoms with Gasteiger partial charge in [0.15, 0.2) is 0 Å². The molecule has 3 rings (SSSR count). The standard InChI is InChI=1S/C17H23N5OS/c1-12-8-9-15(13(2)10-12)22-17(19-20-21-22)24-11-16(23)18-14-6-4-3-5-7-14/h8-10,14H,3-7,11H2,1-2H3,(H,18,23). The summed E-state index contributed by atoms with van der Waals surface area (Å²) in [7, 11) is 0. The summed E-state index contributed by atoms with van der Waals surface area (Å²) in [4.78, 5) is 12.2. The second-order valence-electron chi connectivity index (χ2n) is 6.35. The molecule has 1 fully saturated rings. The third kappa shape index (κ3) is 4.14. The van der Waals surface area contributed by atoms with Crippen molar-refractivity contribution in [1.82, 2.24) is 25.5 Å². The maximum Gasteiger partial charge on any atom is 0.230 e. The van der Waals surface area contributed by atoms with Crippen LogP contribution in [0.3, 0.4) is 0 Å². The molecule has 1 aliphatic rings. The molecule has 1 saturated carbocycles. The summed E-state index contributed by atoms with van der Waals surface area (Å²) in [6, 6.07) is 6.48. The van der Waals surface area contributed by atoms with Crippen LogP contribution in [0.15, 0.2) is 23.4 Å². The molecule has 1 N–H and O–H groups in total. The predicted octanol–water partition coefficient (Wildman–Crippen LogP) is 2.82. The number of rotatable bonds is 5. The van der Waals surface area contributed by atoms with E-state index in [0.29, 0.717) is 17.0 Å². The van der Waals surface area contributed by atoms with Gasteiger partial charge in [0.05, 0.1) is 11.4 Å². The Morgan fingerprint density at radius 2 is 2.08 bits per heavy atom. The van der Waals surface area contributed by atoms with Gasteiger partial charge in [-0.15, -0.1) is 5.10 Å². The summed E-state index contributed by atoms with van der Waals surface area (Å²) < 4.78 is 1.70. The first-order chi connectivity index (χ1) is 11.6. The van der Waals surface area contributed by atoms with E-state index in [4.69, 9.17) is 0 Å². The quantitative estimate of drug-likeness (QED) is 0.844. The number of hydrogen-bond donors (Lipinski definition) is 1. The number of thioether (sulfide) groups is 1. The Morgan fingerprint density at radius 3 is 2.83 bits per heavy atom. The lowest BCUT2D eigenvalue weighted by molar-refractivity contribution is -0.119. The second-order valence-corrected chi connectivity index (χ2v) is 7.30. The lowest BCUT2D eigenvalue weighted by atomic mass is 9.95. The molecule has 1 heterocycles. The van der Waals surface area contributed by atoms with Gasteiger partial charge in [0.1, 0.15) is 0 Å². The molecule has 0 atom stereocenters. The first-order valence-electron chi connectivity index (χ1n) is 8.41. The van der Waals surface area contributed by atoms with E-state index in [-0.39, 0.29) is 5.91 Å². The molecule has 0 aliphatic heterocycles. The number of benzene rings is 1. The number of carbonyl (C=O) groups is 1. The van der Waals surface area contributed by atoms with Gasteiger partial charge in [0, 0.05) is 6.04 Å². The van der Waals surface area contributed by atoms with Crippen molar-refractivity contribution in [2.75, 3.05) is 5.75 Å². The fraction of sp³-hybridized carbons (Fsp3) is 0.529. The molecule has 24 heavy (non-hydrogen) atoms. The Labute approximate surface area is 146 Å². The number of nitrogens with zero attached hydrogens (tertiary/aromatic N) is 4. The topological polar surface area (TPSA) is 72.7 Å². The van der Waals surface area contributed by atoms with Crippen LogP contribution >= 0.6 is 11.8 Å². The lowest BCUT2D eigenvalue weighted by Gasteiger charge is -2.22. The van der Waals surface area contributed by atoms with Crippen molar-refractivity contribution in [2.45, 2.75) is 57.1 Å². The number of amides is 1. The summed E-state index contributed by atoms with van der Waals surface area (Å²) in [5.41, 5.74) is 3.25. The fourth-order valence-corrected chi connectivity index (χ4v) is 3.80. The van der Waals surface area contributed by atoms with E-state index in [2.05, 4.69) is 33.8 Å². The molecule has 0 saturated heterocycles. The van der Waals surface area contributed by atoms with E-state index in [0.717, 1.165) is 24.1 Å². The van der Waals surface area contributed by atoms with Crippen LogP contribution in [0.4, 0.5) is 0 Å². The van der Waals surface area contributed by atoms with Crippen LogP contribution < -0.4 is 5.32 Å². The number of carbonyl (C=O) groups excluding carboxylic acids is 1. The van der Waals surface area contributed by atoms with Crippen molar-refractivity contribution < 1.29 is 4.79 Å². The zero-order chi connectivity index (χ0) is 16.9.